The molecule has 33 heavy (non-hydrogen) atoms. The van der Waals surface area contributed by atoms with Crippen molar-refractivity contribution in [1.29, 1.82) is 0 Å². The average molecular weight is 484 g/mol. The molecule has 7 heteroatoms. The van der Waals surface area contributed by atoms with Gasteiger partial charge >= 0.3 is 0 Å². The fourth-order valence-corrected chi connectivity index (χ4v) is 6.06. The van der Waals surface area contributed by atoms with Gasteiger partial charge in [-0.1, -0.05) is 41.7 Å². The lowest BCUT2D eigenvalue weighted by Gasteiger charge is -2.27. The van der Waals surface area contributed by atoms with Crippen molar-refractivity contribution in [3.8, 4) is 0 Å². The molecule has 176 valence electrons. The van der Waals surface area contributed by atoms with E-state index in [1.807, 2.05) is 22.7 Å². The smallest absolute Gasteiger partial charge is 0.228 e. The van der Waals surface area contributed by atoms with Gasteiger partial charge in [0.05, 0.1) is 23.4 Å². The molecule has 0 N–H and O–H groups in total. The maximum atomic E-state index is 13.3. The maximum absolute atomic E-state index is 13.3. The van der Waals surface area contributed by atoms with Gasteiger partial charge in [-0.05, 0) is 55.7 Å². The molecule has 3 aromatic rings. The summed E-state index contributed by atoms with van der Waals surface area (Å²) >= 11 is 3.46. The number of rotatable bonds is 10. The van der Waals surface area contributed by atoms with E-state index >= 15 is 0 Å². The fourth-order valence-electron chi connectivity index (χ4n) is 4.03. The normalized spacial score (nSPS) is 14.6. The first-order valence-electron chi connectivity index (χ1n) is 11.8. The molecule has 1 aromatic heterocycles. The van der Waals surface area contributed by atoms with Gasteiger partial charge in [0.1, 0.15) is 0 Å². The SMILES string of the molecule is Cc1ccc(C)c2sc(N(CCCN3CCOCC3)C(=O)CCCSc3ccccc3)nc12. The van der Waals surface area contributed by atoms with Gasteiger partial charge in [0, 0.05) is 37.5 Å². The first-order chi connectivity index (χ1) is 16.1. The minimum atomic E-state index is 0.181. The zero-order valence-corrected chi connectivity index (χ0v) is 21.2. The van der Waals surface area contributed by atoms with Crippen molar-refractivity contribution in [3.05, 3.63) is 53.6 Å². The number of thioether (sulfide) groups is 1. The van der Waals surface area contributed by atoms with Crippen LogP contribution in [0.5, 0.6) is 0 Å². The molecule has 0 saturated carbocycles. The molecule has 0 spiro atoms. The number of nitrogens with zero attached hydrogens (tertiary/aromatic N) is 3. The molecule has 0 radical (unpaired) electrons. The third kappa shape index (κ3) is 6.57. The molecule has 1 fully saturated rings. The molecule has 2 heterocycles. The Labute approximate surface area is 205 Å². The molecule has 5 nitrogen and oxygen atoms in total. The van der Waals surface area contributed by atoms with Gasteiger partial charge in [0.15, 0.2) is 5.13 Å². The molecule has 1 saturated heterocycles. The van der Waals surface area contributed by atoms with Gasteiger partial charge in [0.25, 0.3) is 0 Å². The number of hydrogen-bond donors (Lipinski definition) is 0. The molecular formula is C26H33N3O2S2. The van der Waals surface area contributed by atoms with Crippen LogP contribution in [-0.2, 0) is 9.53 Å². The highest BCUT2D eigenvalue weighted by atomic mass is 32.2. The van der Waals surface area contributed by atoms with Crippen LogP contribution in [0.3, 0.4) is 0 Å². The summed E-state index contributed by atoms with van der Waals surface area (Å²) in [4.78, 5) is 23.9. The summed E-state index contributed by atoms with van der Waals surface area (Å²) in [6, 6.07) is 14.6. The number of aryl methyl sites for hydroxylation is 2. The number of amides is 1. The molecule has 1 amide bonds. The van der Waals surface area contributed by atoms with Crippen molar-refractivity contribution >= 4 is 44.4 Å². The second-order valence-electron chi connectivity index (χ2n) is 8.49. The molecule has 1 aliphatic rings. The third-order valence-corrected chi connectivity index (χ3v) is 8.28. The highest BCUT2D eigenvalue weighted by molar-refractivity contribution is 7.99. The van der Waals surface area contributed by atoms with Crippen molar-refractivity contribution in [2.45, 2.75) is 38.0 Å². The highest BCUT2D eigenvalue weighted by Crippen LogP contribution is 2.33. The van der Waals surface area contributed by atoms with Gasteiger partial charge in [-0.25, -0.2) is 4.98 Å². The van der Waals surface area contributed by atoms with E-state index in [4.69, 9.17) is 9.72 Å². The Balaban J connectivity index is 1.41. The van der Waals surface area contributed by atoms with Crippen LogP contribution in [0.1, 0.15) is 30.4 Å². The molecule has 2 aromatic carbocycles. The summed E-state index contributed by atoms with van der Waals surface area (Å²) in [5, 5.41) is 0.838. The second kappa shape index (κ2) is 12.0. The number of carbonyl (C=O) groups is 1. The van der Waals surface area contributed by atoms with E-state index in [2.05, 4.69) is 55.1 Å². The molecule has 1 aliphatic heterocycles. The number of fused-ring (bicyclic) bond motifs is 1. The van der Waals surface area contributed by atoms with Crippen LogP contribution < -0.4 is 4.90 Å². The van der Waals surface area contributed by atoms with Crippen molar-refractivity contribution in [2.24, 2.45) is 0 Å². The summed E-state index contributed by atoms with van der Waals surface area (Å²) in [5.41, 5.74) is 3.41. The third-order valence-electron chi connectivity index (χ3n) is 5.97. The van der Waals surface area contributed by atoms with E-state index in [1.165, 1.54) is 15.2 Å². The zero-order valence-electron chi connectivity index (χ0n) is 19.6. The van der Waals surface area contributed by atoms with E-state index < -0.39 is 0 Å². The van der Waals surface area contributed by atoms with E-state index in [0.717, 1.165) is 67.7 Å². The molecule has 0 atom stereocenters. The first-order valence-corrected chi connectivity index (χ1v) is 13.6. The summed E-state index contributed by atoms with van der Waals surface area (Å²) in [6.07, 6.45) is 2.35. The monoisotopic (exact) mass is 483 g/mol. The van der Waals surface area contributed by atoms with Crippen molar-refractivity contribution < 1.29 is 9.53 Å². The van der Waals surface area contributed by atoms with Gasteiger partial charge in [-0.3, -0.25) is 14.6 Å². The molecule has 0 aliphatic carbocycles. The van der Waals surface area contributed by atoms with Gasteiger partial charge in [0.2, 0.25) is 5.91 Å². The maximum Gasteiger partial charge on any atom is 0.228 e. The topological polar surface area (TPSA) is 45.7 Å². The number of anilines is 1. The first kappa shape index (κ1) is 24.2. The Morgan fingerprint density at radius 2 is 1.85 bits per heavy atom. The quantitative estimate of drug-likeness (QED) is 0.280. The minimum absolute atomic E-state index is 0.181. The van der Waals surface area contributed by atoms with Crippen molar-refractivity contribution in [2.75, 3.05) is 50.0 Å². The van der Waals surface area contributed by atoms with Crippen molar-refractivity contribution in [3.63, 3.8) is 0 Å². The lowest BCUT2D eigenvalue weighted by molar-refractivity contribution is -0.118. The number of benzene rings is 2. The Morgan fingerprint density at radius 1 is 1.09 bits per heavy atom. The van der Waals surface area contributed by atoms with E-state index in [0.29, 0.717) is 13.0 Å². The Hall–Kier alpha value is -1.93. The lowest BCUT2D eigenvalue weighted by Crippen LogP contribution is -2.39. The Morgan fingerprint density at radius 3 is 2.61 bits per heavy atom. The van der Waals surface area contributed by atoms with Crippen LogP contribution in [-0.4, -0.2) is 60.9 Å². The summed E-state index contributed by atoms with van der Waals surface area (Å²) in [7, 11) is 0. The van der Waals surface area contributed by atoms with Crippen LogP contribution in [0.4, 0.5) is 5.13 Å². The van der Waals surface area contributed by atoms with Crippen molar-refractivity contribution in [1.82, 2.24) is 9.88 Å². The number of ether oxygens (including phenoxy) is 1. The molecule has 4 rings (SSSR count). The predicted octanol–water partition coefficient (Wildman–Crippen LogP) is 5.54. The van der Waals surface area contributed by atoms with Crippen LogP contribution in [0, 0.1) is 13.8 Å². The van der Waals surface area contributed by atoms with Gasteiger partial charge in [-0.2, -0.15) is 0 Å². The van der Waals surface area contributed by atoms with E-state index in [9.17, 15) is 4.79 Å². The average Bonchev–Trinajstić information content (AvgIpc) is 3.30. The summed E-state index contributed by atoms with van der Waals surface area (Å²) < 4.78 is 6.65. The number of morpholine rings is 1. The summed E-state index contributed by atoms with van der Waals surface area (Å²) in [5.74, 6) is 1.12. The highest BCUT2D eigenvalue weighted by Gasteiger charge is 2.21. The van der Waals surface area contributed by atoms with Crippen LogP contribution >= 0.6 is 23.1 Å². The largest absolute Gasteiger partial charge is 0.379 e. The minimum Gasteiger partial charge on any atom is -0.379 e. The van der Waals surface area contributed by atoms with E-state index in [1.54, 1.807) is 11.3 Å². The predicted molar refractivity (Wildman–Crippen MR) is 140 cm³/mol. The molecule has 0 unspecified atom stereocenters. The van der Waals surface area contributed by atoms with Crippen LogP contribution in [0.2, 0.25) is 0 Å². The number of thiazole rings is 1. The van der Waals surface area contributed by atoms with Crippen LogP contribution in [0.15, 0.2) is 47.4 Å². The van der Waals surface area contributed by atoms with Gasteiger partial charge in [-0.15, -0.1) is 11.8 Å². The second-order valence-corrected chi connectivity index (χ2v) is 10.6. The van der Waals surface area contributed by atoms with Gasteiger partial charge < -0.3 is 4.74 Å². The molecule has 0 bridgehead atoms. The fraction of sp³-hybridized carbons (Fsp3) is 0.462. The lowest BCUT2D eigenvalue weighted by atomic mass is 10.1. The number of hydrogen-bond acceptors (Lipinski definition) is 6. The van der Waals surface area contributed by atoms with Crippen LogP contribution in [0.25, 0.3) is 10.2 Å². The summed E-state index contributed by atoms with van der Waals surface area (Å²) in [6.45, 7) is 9.47. The standard InChI is InChI=1S/C26H33N3O2S2/c1-20-11-12-21(2)25-24(20)27-26(33-25)29(14-7-13-28-15-17-31-18-16-28)23(30)10-6-19-32-22-8-4-3-5-9-22/h3-5,8-9,11-12H,6-7,10,13-19H2,1-2H3. The molecular weight excluding hydrogens is 450 g/mol. The van der Waals surface area contributed by atoms with E-state index in [-0.39, 0.29) is 5.91 Å². The zero-order chi connectivity index (χ0) is 23.0. The number of aromatic nitrogens is 1. The number of carbonyl (C=O) groups excluding carboxylic acids is 1. The Kier molecular flexibility index (Phi) is 8.78. The Bertz CT molecular complexity index is 1010.